The highest BCUT2D eigenvalue weighted by atomic mass is 19.4. The summed E-state index contributed by atoms with van der Waals surface area (Å²) in [5, 5.41) is 7.13. The first-order chi connectivity index (χ1) is 25.3. The Balaban J connectivity index is 1.26. The number of rotatable bonds is 10. The van der Waals surface area contributed by atoms with Crippen molar-refractivity contribution in [3.8, 4) is 5.75 Å². The number of carbonyl (C=O) groups excluding carboxylic acids is 2. The molecule has 0 spiro atoms. The second-order valence-corrected chi connectivity index (χ2v) is 12.8. The summed E-state index contributed by atoms with van der Waals surface area (Å²) >= 11 is 0. The van der Waals surface area contributed by atoms with E-state index in [4.69, 9.17) is 4.74 Å². The number of ether oxygens (including phenoxy) is 1. The van der Waals surface area contributed by atoms with Crippen LogP contribution < -0.4 is 25.4 Å². The first kappa shape index (κ1) is 36.8. The van der Waals surface area contributed by atoms with E-state index in [1.54, 1.807) is 35.4 Å². The largest absolute Gasteiger partial charge is 0.485 e. The summed E-state index contributed by atoms with van der Waals surface area (Å²) in [5.74, 6) is -0.180. The lowest BCUT2D eigenvalue weighted by Gasteiger charge is -2.36. The van der Waals surface area contributed by atoms with E-state index in [0.717, 1.165) is 22.2 Å². The van der Waals surface area contributed by atoms with Crippen LogP contribution in [-0.2, 0) is 30.5 Å². The van der Waals surface area contributed by atoms with Gasteiger partial charge in [0.15, 0.2) is 11.4 Å². The van der Waals surface area contributed by atoms with Crippen LogP contribution in [0.25, 0.3) is 5.78 Å². The molecule has 2 amide bonds. The Morgan fingerprint density at radius 2 is 1.72 bits per heavy atom. The number of halogens is 3. The van der Waals surface area contributed by atoms with Crippen molar-refractivity contribution in [3.63, 3.8) is 0 Å². The maximum absolute atomic E-state index is 14.1. The van der Waals surface area contributed by atoms with Crippen molar-refractivity contribution >= 4 is 34.9 Å². The molecule has 1 aliphatic rings. The van der Waals surface area contributed by atoms with Crippen molar-refractivity contribution in [2.45, 2.75) is 46.5 Å². The van der Waals surface area contributed by atoms with Crippen molar-refractivity contribution in [1.29, 1.82) is 0 Å². The monoisotopic (exact) mass is 732 g/mol. The molecule has 17 heteroatoms. The van der Waals surface area contributed by atoms with Gasteiger partial charge in [0.2, 0.25) is 17.6 Å². The molecule has 0 radical (unpaired) electrons. The Morgan fingerprint density at radius 1 is 1.00 bits per heavy atom. The molecule has 0 aliphatic carbocycles. The lowest BCUT2D eigenvalue weighted by molar-refractivity contribution is -0.137. The molecular weight excluding hydrogens is 693 g/mol. The van der Waals surface area contributed by atoms with Crippen LogP contribution >= 0.6 is 0 Å². The van der Waals surface area contributed by atoms with Crippen LogP contribution in [0.15, 0.2) is 59.7 Å². The number of benzene rings is 2. The van der Waals surface area contributed by atoms with Gasteiger partial charge in [-0.25, -0.2) is 9.97 Å². The molecule has 1 aliphatic heterocycles. The lowest BCUT2D eigenvalue weighted by Crippen LogP contribution is -2.51. The van der Waals surface area contributed by atoms with Gasteiger partial charge >= 0.3 is 6.18 Å². The van der Waals surface area contributed by atoms with Gasteiger partial charge in [0, 0.05) is 46.0 Å². The number of alkyl halides is 3. The first-order valence-electron chi connectivity index (χ1n) is 17.0. The smallest absolute Gasteiger partial charge is 0.416 e. The summed E-state index contributed by atoms with van der Waals surface area (Å²) in [4.78, 5) is 59.6. The fraction of sp³-hybridized carbons (Fsp3) is 0.361. The number of hydrogen-bond acceptors (Lipinski definition) is 10. The van der Waals surface area contributed by atoms with Gasteiger partial charge in [0.1, 0.15) is 25.2 Å². The van der Waals surface area contributed by atoms with Gasteiger partial charge in [-0.15, -0.1) is 5.10 Å². The molecule has 1 fully saturated rings. The van der Waals surface area contributed by atoms with E-state index in [9.17, 15) is 27.6 Å². The quantitative estimate of drug-likeness (QED) is 0.223. The number of hydrogen-bond donors (Lipinski definition) is 1. The highest BCUT2D eigenvalue weighted by Crippen LogP contribution is 2.32. The number of nitrogens with zero attached hydrogens (tertiary/aromatic N) is 9. The van der Waals surface area contributed by atoms with E-state index in [1.165, 1.54) is 19.3 Å². The molecule has 3 aromatic heterocycles. The van der Waals surface area contributed by atoms with Crippen LogP contribution in [0.2, 0.25) is 0 Å². The third-order valence-corrected chi connectivity index (χ3v) is 8.97. The molecule has 0 unspecified atom stereocenters. The minimum absolute atomic E-state index is 0.134. The SMILES string of the molecule is CCc1c(N2CCN(C(=O)c3ncnc(C)c3OCc3ccccc3)CC2)c(=O)n2nc(N(C)C)nc2n1CC(=O)Nc1ccc(C(F)(F)F)cc1C. The molecule has 5 aromatic rings. The van der Waals surface area contributed by atoms with E-state index in [1.807, 2.05) is 42.2 Å². The average molecular weight is 733 g/mol. The Hall–Kier alpha value is -6.00. The van der Waals surface area contributed by atoms with Gasteiger partial charge in [-0.05, 0) is 49.6 Å². The van der Waals surface area contributed by atoms with Crippen molar-refractivity contribution < 1.29 is 27.5 Å². The van der Waals surface area contributed by atoms with Crippen LogP contribution in [0.1, 0.15) is 45.5 Å². The second-order valence-electron chi connectivity index (χ2n) is 12.8. The first-order valence-corrected chi connectivity index (χ1v) is 17.0. The summed E-state index contributed by atoms with van der Waals surface area (Å²) in [6, 6.07) is 12.6. The van der Waals surface area contributed by atoms with E-state index in [-0.39, 0.29) is 73.9 Å². The molecule has 1 N–H and O–H groups in total. The van der Waals surface area contributed by atoms with Crippen LogP contribution in [0.3, 0.4) is 0 Å². The third kappa shape index (κ3) is 7.64. The predicted octanol–water partition coefficient (Wildman–Crippen LogP) is 4.13. The van der Waals surface area contributed by atoms with E-state index >= 15 is 0 Å². The number of aryl methyl sites for hydroxylation is 2. The summed E-state index contributed by atoms with van der Waals surface area (Å²) in [7, 11) is 3.44. The van der Waals surface area contributed by atoms with Crippen LogP contribution in [0.5, 0.6) is 5.75 Å². The summed E-state index contributed by atoms with van der Waals surface area (Å²) in [6.07, 6.45) is -2.86. The van der Waals surface area contributed by atoms with Crippen molar-refractivity contribution in [2.75, 3.05) is 55.4 Å². The molecule has 53 heavy (non-hydrogen) atoms. The van der Waals surface area contributed by atoms with Crippen LogP contribution in [0.4, 0.5) is 30.5 Å². The molecule has 0 bridgehead atoms. The Bertz CT molecular complexity index is 2210. The van der Waals surface area contributed by atoms with Gasteiger partial charge in [-0.3, -0.25) is 14.4 Å². The van der Waals surface area contributed by atoms with E-state index in [0.29, 0.717) is 29.2 Å². The molecule has 0 saturated carbocycles. The molecule has 0 atom stereocenters. The zero-order valence-corrected chi connectivity index (χ0v) is 29.9. The molecule has 2 aromatic carbocycles. The minimum Gasteiger partial charge on any atom is -0.485 e. The standard InChI is InChI=1S/C36H39F3N10O4/c1-6-27-30(46-14-16-47(17-15-46)32(51)29-31(23(3)40-21-41-29)53-20-24-10-8-7-9-11-24)33(52)49-35(43-34(44-49)45(4)5)48(27)19-28(50)42-26-13-12-25(18-22(26)2)36(37,38)39/h7-13,18,21H,6,14-17,19-20H2,1-5H3,(H,42,50). The number of aromatic nitrogens is 6. The topological polar surface area (TPSA) is 143 Å². The number of fused-ring (bicyclic) bond motifs is 1. The number of amides is 2. The van der Waals surface area contributed by atoms with Crippen molar-refractivity contribution in [3.05, 3.63) is 99.0 Å². The third-order valence-electron chi connectivity index (χ3n) is 8.97. The molecule has 4 heterocycles. The Kier molecular flexibility index (Phi) is 10.4. The molecule has 1 saturated heterocycles. The maximum atomic E-state index is 14.1. The number of nitrogens with one attached hydrogen (secondary N) is 1. The maximum Gasteiger partial charge on any atom is 0.416 e. The van der Waals surface area contributed by atoms with Crippen LogP contribution in [-0.4, -0.2) is 86.1 Å². The molecule has 278 valence electrons. The fourth-order valence-electron chi connectivity index (χ4n) is 6.22. The predicted molar refractivity (Wildman–Crippen MR) is 191 cm³/mol. The zero-order chi connectivity index (χ0) is 38.0. The number of piperazine rings is 1. The minimum atomic E-state index is -4.52. The van der Waals surface area contributed by atoms with E-state index in [2.05, 4.69) is 25.4 Å². The fourth-order valence-corrected chi connectivity index (χ4v) is 6.22. The van der Waals surface area contributed by atoms with Gasteiger partial charge < -0.3 is 29.3 Å². The second kappa shape index (κ2) is 14.9. The lowest BCUT2D eigenvalue weighted by atomic mass is 10.1. The molecular formula is C36H39F3N10O4. The Morgan fingerprint density at radius 3 is 2.36 bits per heavy atom. The molecule has 14 nitrogen and oxygen atoms in total. The normalized spacial score (nSPS) is 13.4. The highest BCUT2D eigenvalue weighted by Gasteiger charge is 2.32. The zero-order valence-electron chi connectivity index (χ0n) is 29.9. The number of carbonyl (C=O) groups is 2. The summed E-state index contributed by atoms with van der Waals surface area (Å²) in [6.45, 7) is 6.10. The van der Waals surface area contributed by atoms with Crippen molar-refractivity contribution in [1.82, 2.24) is 34.0 Å². The Labute approximate surface area is 302 Å². The summed E-state index contributed by atoms with van der Waals surface area (Å²) < 4.78 is 48.5. The highest BCUT2D eigenvalue weighted by molar-refractivity contribution is 5.95. The van der Waals surface area contributed by atoms with Gasteiger partial charge in [-0.1, -0.05) is 37.3 Å². The van der Waals surface area contributed by atoms with Gasteiger partial charge in [0.05, 0.1) is 17.0 Å². The average Bonchev–Trinajstić information content (AvgIpc) is 3.59. The number of anilines is 3. The summed E-state index contributed by atoms with van der Waals surface area (Å²) in [5.41, 5.74) is 1.64. The van der Waals surface area contributed by atoms with E-state index < -0.39 is 23.2 Å². The van der Waals surface area contributed by atoms with Gasteiger partial charge in [-0.2, -0.15) is 22.7 Å². The van der Waals surface area contributed by atoms with Crippen LogP contribution in [0, 0.1) is 13.8 Å². The van der Waals surface area contributed by atoms with Crippen molar-refractivity contribution in [2.24, 2.45) is 0 Å². The van der Waals surface area contributed by atoms with Gasteiger partial charge in [0.25, 0.3) is 11.5 Å². The molecule has 6 rings (SSSR count).